The van der Waals surface area contributed by atoms with Crippen LogP contribution in [0.1, 0.15) is 38.0 Å². The summed E-state index contributed by atoms with van der Waals surface area (Å²) in [6.07, 6.45) is 5.80. The van der Waals surface area contributed by atoms with Crippen LogP contribution in [0.25, 0.3) is 0 Å². The van der Waals surface area contributed by atoms with Crippen LogP contribution < -0.4 is 10.2 Å². The smallest absolute Gasteiger partial charge is 0.185 e. The van der Waals surface area contributed by atoms with Crippen molar-refractivity contribution < 1.29 is 4.74 Å². The van der Waals surface area contributed by atoms with E-state index in [0.717, 1.165) is 37.3 Å². The lowest BCUT2D eigenvalue weighted by Gasteiger charge is -2.27. The number of anilines is 1. The van der Waals surface area contributed by atoms with Gasteiger partial charge >= 0.3 is 0 Å². The van der Waals surface area contributed by atoms with Crippen molar-refractivity contribution in [3.63, 3.8) is 0 Å². The lowest BCUT2D eigenvalue weighted by molar-refractivity contribution is 0.203. The van der Waals surface area contributed by atoms with E-state index in [1.54, 1.807) is 18.4 Å². The van der Waals surface area contributed by atoms with Crippen LogP contribution in [-0.4, -0.2) is 37.3 Å². The molecule has 0 amide bonds. The molecule has 1 aromatic heterocycles. The minimum atomic E-state index is 0.505. The Morgan fingerprint density at radius 2 is 2.37 bits per heavy atom. The van der Waals surface area contributed by atoms with E-state index < -0.39 is 0 Å². The maximum Gasteiger partial charge on any atom is 0.185 e. The Morgan fingerprint density at radius 1 is 1.58 bits per heavy atom. The van der Waals surface area contributed by atoms with Crippen molar-refractivity contribution >= 4 is 16.5 Å². The van der Waals surface area contributed by atoms with E-state index in [1.807, 2.05) is 6.20 Å². The molecule has 0 radical (unpaired) electrons. The molecular weight excluding hydrogens is 258 g/mol. The van der Waals surface area contributed by atoms with Gasteiger partial charge in [0.15, 0.2) is 5.13 Å². The van der Waals surface area contributed by atoms with E-state index in [4.69, 9.17) is 4.74 Å². The van der Waals surface area contributed by atoms with Crippen LogP contribution in [0.4, 0.5) is 5.13 Å². The summed E-state index contributed by atoms with van der Waals surface area (Å²) in [5.41, 5.74) is 0. The second-order valence-corrected chi connectivity index (χ2v) is 6.30. The van der Waals surface area contributed by atoms with Gasteiger partial charge in [-0.25, -0.2) is 4.98 Å². The van der Waals surface area contributed by atoms with Crippen LogP contribution in [0, 0.1) is 0 Å². The fraction of sp³-hybridized carbons (Fsp3) is 0.786. The summed E-state index contributed by atoms with van der Waals surface area (Å²) in [4.78, 5) is 8.27. The van der Waals surface area contributed by atoms with Crippen LogP contribution in [0.15, 0.2) is 6.20 Å². The second-order valence-electron chi connectivity index (χ2n) is 5.21. The number of methoxy groups -OCH3 is 1. The molecule has 108 valence electrons. The van der Waals surface area contributed by atoms with Gasteiger partial charge in [-0.15, -0.1) is 11.3 Å². The molecule has 4 nitrogen and oxygen atoms in total. The van der Waals surface area contributed by atoms with Crippen molar-refractivity contribution in [1.29, 1.82) is 0 Å². The van der Waals surface area contributed by atoms with Gasteiger partial charge in [0.2, 0.25) is 0 Å². The van der Waals surface area contributed by atoms with E-state index in [-0.39, 0.29) is 0 Å². The predicted molar refractivity (Wildman–Crippen MR) is 81.0 cm³/mol. The Morgan fingerprint density at radius 3 is 3.00 bits per heavy atom. The van der Waals surface area contributed by atoms with Gasteiger partial charge in [0, 0.05) is 43.4 Å². The minimum absolute atomic E-state index is 0.505. The summed E-state index contributed by atoms with van der Waals surface area (Å²) < 4.78 is 5.21. The van der Waals surface area contributed by atoms with Crippen molar-refractivity contribution in [2.45, 2.75) is 51.7 Å². The van der Waals surface area contributed by atoms with Gasteiger partial charge in [-0.1, -0.05) is 6.92 Å². The summed E-state index contributed by atoms with van der Waals surface area (Å²) in [5, 5.41) is 4.66. The number of aromatic nitrogens is 1. The Hall–Kier alpha value is -0.650. The van der Waals surface area contributed by atoms with Crippen LogP contribution in [0.2, 0.25) is 0 Å². The zero-order valence-corrected chi connectivity index (χ0v) is 13.0. The quantitative estimate of drug-likeness (QED) is 0.756. The molecule has 1 saturated carbocycles. The number of nitrogens with one attached hydrogen (secondary N) is 1. The molecule has 0 bridgehead atoms. The third kappa shape index (κ3) is 4.44. The van der Waals surface area contributed by atoms with Gasteiger partial charge in [0.05, 0.1) is 6.61 Å². The molecule has 0 aromatic carbocycles. The monoisotopic (exact) mass is 283 g/mol. The van der Waals surface area contributed by atoms with Gasteiger partial charge in [0.25, 0.3) is 0 Å². The fourth-order valence-electron chi connectivity index (χ4n) is 1.96. The first kappa shape index (κ1) is 14.8. The van der Waals surface area contributed by atoms with Crippen molar-refractivity contribution in [3.05, 3.63) is 11.1 Å². The molecule has 0 saturated heterocycles. The summed E-state index contributed by atoms with van der Waals surface area (Å²) >= 11 is 1.80. The normalized spacial score (nSPS) is 16.6. The maximum atomic E-state index is 5.21. The lowest BCUT2D eigenvalue weighted by atomic mass is 10.2. The molecule has 0 spiro atoms. The first-order chi connectivity index (χ1) is 9.24. The Kier molecular flexibility index (Phi) is 5.60. The van der Waals surface area contributed by atoms with E-state index >= 15 is 0 Å². The van der Waals surface area contributed by atoms with Crippen LogP contribution in [0.5, 0.6) is 0 Å². The van der Waals surface area contributed by atoms with Crippen molar-refractivity contribution in [2.75, 3.05) is 25.2 Å². The Balaban J connectivity index is 1.94. The first-order valence-electron chi connectivity index (χ1n) is 7.18. The molecule has 1 unspecified atom stereocenters. The number of rotatable bonds is 9. The molecule has 1 atom stereocenters. The average Bonchev–Trinajstić information content (AvgIpc) is 3.15. The largest absolute Gasteiger partial charge is 0.383 e. The summed E-state index contributed by atoms with van der Waals surface area (Å²) in [7, 11) is 1.75. The van der Waals surface area contributed by atoms with E-state index in [2.05, 4.69) is 29.0 Å². The SMILES string of the molecule is CCC(C)N(CCOC)c1ncc(CNC2CC2)s1. The van der Waals surface area contributed by atoms with Gasteiger partial charge in [-0.2, -0.15) is 0 Å². The van der Waals surface area contributed by atoms with Crippen LogP contribution >= 0.6 is 11.3 Å². The maximum absolute atomic E-state index is 5.21. The molecule has 1 aliphatic rings. The molecule has 1 N–H and O–H groups in total. The first-order valence-corrected chi connectivity index (χ1v) is 8.00. The summed E-state index contributed by atoms with van der Waals surface area (Å²) in [6, 6.07) is 1.26. The second kappa shape index (κ2) is 7.22. The number of ether oxygens (including phenoxy) is 1. The third-order valence-electron chi connectivity index (χ3n) is 3.59. The molecule has 1 aromatic rings. The highest BCUT2D eigenvalue weighted by Gasteiger charge is 2.21. The zero-order valence-electron chi connectivity index (χ0n) is 12.2. The van der Waals surface area contributed by atoms with Crippen LogP contribution in [0.3, 0.4) is 0 Å². The number of thiazole rings is 1. The zero-order chi connectivity index (χ0) is 13.7. The van der Waals surface area contributed by atoms with Crippen molar-refractivity contribution in [3.8, 4) is 0 Å². The highest BCUT2D eigenvalue weighted by Crippen LogP contribution is 2.26. The van der Waals surface area contributed by atoms with E-state index in [1.165, 1.54) is 17.7 Å². The Labute approximate surface area is 120 Å². The molecule has 1 aliphatic carbocycles. The van der Waals surface area contributed by atoms with Gasteiger partial charge in [-0.3, -0.25) is 0 Å². The summed E-state index contributed by atoms with van der Waals surface area (Å²) in [6.45, 7) is 7.09. The highest BCUT2D eigenvalue weighted by atomic mass is 32.1. The van der Waals surface area contributed by atoms with Crippen molar-refractivity contribution in [2.24, 2.45) is 0 Å². The van der Waals surface area contributed by atoms with Crippen LogP contribution in [-0.2, 0) is 11.3 Å². The lowest BCUT2D eigenvalue weighted by Crippen LogP contribution is -2.35. The molecule has 0 aliphatic heterocycles. The van der Waals surface area contributed by atoms with E-state index in [0.29, 0.717) is 6.04 Å². The number of hydrogen-bond acceptors (Lipinski definition) is 5. The Bertz CT molecular complexity index is 379. The van der Waals surface area contributed by atoms with Crippen molar-refractivity contribution in [1.82, 2.24) is 10.3 Å². The molecule has 19 heavy (non-hydrogen) atoms. The molecule has 2 rings (SSSR count). The van der Waals surface area contributed by atoms with Gasteiger partial charge in [0.1, 0.15) is 0 Å². The predicted octanol–water partition coefficient (Wildman–Crippen LogP) is 2.65. The highest BCUT2D eigenvalue weighted by molar-refractivity contribution is 7.15. The standard InChI is InChI=1S/C14H25N3OS/c1-4-11(2)17(7-8-18-3)14-16-10-13(19-14)9-15-12-5-6-12/h10-12,15H,4-9H2,1-3H3. The van der Waals surface area contributed by atoms with Gasteiger partial charge < -0.3 is 15.0 Å². The minimum Gasteiger partial charge on any atom is -0.383 e. The average molecular weight is 283 g/mol. The molecule has 1 heterocycles. The fourth-order valence-corrected chi connectivity index (χ4v) is 2.95. The third-order valence-corrected chi connectivity index (χ3v) is 4.62. The molecule has 5 heteroatoms. The number of hydrogen-bond donors (Lipinski definition) is 1. The number of nitrogens with zero attached hydrogens (tertiary/aromatic N) is 2. The topological polar surface area (TPSA) is 37.4 Å². The summed E-state index contributed by atoms with van der Waals surface area (Å²) in [5.74, 6) is 0. The molecule has 1 fully saturated rings. The van der Waals surface area contributed by atoms with Gasteiger partial charge in [-0.05, 0) is 26.2 Å². The van der Waals surface area contributed by atoms with E-state index in [9.17, 15) is 0 Å². The molecular formula is C14H25N3OS.